The van der Waals surface area contributed by atoms with E-state index in [1.807, 2.05) is 0 Å². The minimum Gasteiger partial charge on any atom is -0.496 e. The number of H-pyrrole nitrogens is 1. The molecule has 19 heavy (non-hydrogen) atoms. The van der Waals surface area contributed by atoms with Crippen LogP contribution in [0.1, 0.15) is 5.82 Å². The average molecular weight is 262 g/mol. The Kier molecular flexibility index (Phi) is 3.97. The van der Waals surface area contributed by atoms with Gasteiger partial charge < -0.3 is 15.0 Å². The van der Waals surface area contributed by atoms with Gasteiger partial charge in [0.1, 0.15) is 17.3 Å². The van der Waals surface area contributed by atoms with Crippen molar-refractivity contribution in [1.82, 2.24) is 9.97 Å². The molecule has 100 valence electrons. The number of hydrogen-bond acceptors (Lipinski definition) is 5. The molecule has 0 aliphatic heterocycles. The van der Waals surface area contributed by atoms with E-state index in [9.17, 15) is 10.1 Å². The number of hydrogen-bond donors (Lipinski definition) is 2. The van der Waals surface area contributed by atoms with Crippen molar-refractivity contribution in [2.45, 2.75) is 6.42 Å². The van der Waals surface area contributed by atoms with Crippen molar-refractivity contribution in [2.75, 3.05) is 19.0 Å². The molecule has 1 aromatic heterocycles. The minimum atomic E-state index is -0.433. The van der Waals surface area contributed by atoms with Crippen LogP contribution in [0.25, 0.3) is 0 Å². The largest absolute Gasteiger partial charge is 0.496 e. The van der Waals surface area contributed by atoms with Gasteiger partial charge in [-0.25, -0.2) is 4.98 Å². The third kappa shape index (κ3) is 3.21. The smallest absolute Gasteiger partial charge is 0.296 e. The molecule has 0 fully saturated rings. The quantitative estimate of drug-likeness (QED) is 0.613. The first kappa shape index (κ1) is 12.9. The summed E-state index contributed by atoms with van der Waals surface area (Å²) >= 11 is 0. The number of ether oxygens (including phenoxy) is 1. The summed E-state index contributed by atoms with van der Waals surface area (Å²) in [7, 11) is 1.48. The summed E-state index contributed by atoms with van der Waals surface area (Å²) in [6, 6.07) is 4.72. The highest BCUT2D eigenvalue weighted by Gasteiger charge is 2.14. The van der Waals surface area contributed by atoms with Crippen molar-refractivity contribution in [3.05, 3.63) is 46.5 Å². The number of aromatic amines is 1. The molecule has 0 saturated heterocycles. The van der Waals surface area contributed by atoms with Gasteiger partial charge in [0.25, 0.3) is 5.69 Å². The fraction of sp³-hybridized carbons (Fsp3) is 0.250. The van der Waals surface area contributed by atoms with E-state index < -0.39 is 4.92 Å². The molecule has 0 saturated carbocycles. The Morgan fingerprint density at radius 1 is 1.53 bits per heavy atom. The van der Waals surface area contributed by atoms with Crippen LogP contribution in [0.3, 0.4) is 0 Å². The van der Waals surface area contributed by atoms with Crippen LogP contribution in [-0.4, -0.2) is 28.5 Å². The summed E-state index contributed by atoms with van der Waals surface area (Å²) in [4.78, 5) is 17.6. The Balaban J connectivity index is 2.04. The summed E-state index contributed by atoms with van der Waals surface area (Å²) in [6.45, 7) is 0.556. The Bertz CT molecular complexity index is 554. The molecule has 7 nitrogen and oxygen atoms in total. The number of nitro groups is 1. The molecule has 7 heteroatoms. The van der Waals surface area contributed by atoms with Crippen molar-refractivity contribution in [1.29, 1.82) is 0 Å². The third-order valence-electron chi connectivity index (χ3n) is 2.63. The number of nitro benzene ring substituents is 1. The maximum atomic E-state index is 11.0. The molecule has 0 aliphatic rings. The zero-order valence-electron chi connectivity index (χ0n) is 10.4. The molecule has 2 aromatic rings. The summed E-state index contributed by atoms with van der Waals surface area (Å²) in [5.74, 6) is 1.30. The summed E-state index contributed by atoms with van der Waals surface area (Å²) in [5.41, 5.74) is 0.469. The molecule has 2 rings (SSSR count). The van der Waals surface area contributed by atoms with Crippen LogP contribution in [0.2, 0.25) is 0 Å². The Labute approximate surface area is 109 Å². The average Bonchev–Trinajstić information content (AvgIpc) is 2.92. The van der Waals surface area contributed by atoms with Gasteiger partial charge >= 0.3 is 0 Å². The van der Waals surface area contributed by atoms with Crippen LogP contribution >= 0.6 is 0 Å². The van der Waals surface area contributed by atoms with Gasteiger partial charge in [-0.05, 0) is 12.1 Å². The zero-order valence-corrected chi connectivity index (χ0v) is 10.4. The topological polar surface area (TPSA) is 93.1 Å². The van der Waals surface area contributed by atoms with Crippen LogP contribution in [-0.2, 0) is 6.42 Å². The maximum Gasteiger partial charge on any atom is 0.296 e. The lowest BCUT2D eigenvalue weighted by Crippen LogP contribution is -2.07. The monoisotopic (exact) mass is 262 g/mol. The molecule has 1 heterocycles. The lowest BCUT2D eigenvalue weighted by molar-refractivity contribution is -0.384. The second-order valence-corrected chi connectivity index (χ2v) is 3.85. The van der Waals surface area contributed by atoms with E-state index in [0.717, 1.165) is 5.82 Å². The van der Waals surface area contributed by atoms with Crippen LogP contribution < -0.4 is 10.1 Å². The Hall–Kier alpha value is -2.57. The van der Waals surface area contributed by atoms with Crippen molar-refractivity contribution in [3.63, 3.8) is 0 Å². The van der Waals surface area contributed by atoms with Crippen molar-refractivity contribution < 1.29 is 9.66 Å². The summed E-state index contributed by atoms with van der Waals surface area (Å²) in [6.07, 6.45) is 4.08. The Morgan fingerprint density at radius 2 is 2.37 bits per heavy atom. The highest BCUT2D eigenvalue weighted by Crippen LogP contribution is 2.28. The lowest BCUT2D eigenvalue weighted by atomic mass is 10.2. The van der Waals surface area contributed by atoms with Gasteiger partial charge in [0.2, 0.25) is 0 Å². The minimum absolute atomic E-state index is 0.00112. The Morgan fingerprint density at radius 3 is 3.00 bits per heavy atom. The van der Waals surface area contributed by atoms with Crippen LogP contribution in [0, 0.1) is 10.1 Å². The highest BCUT2D eigenvalue weighted by atomic mass is 16.6. The number of nitrogens with zero attached hydrogens (tertiary/aromatic N) is 2. The van der Waals surface area contributed by atoms with Crippen molar-refractivity contribution >= 4 is 11.4 Å². The third-order valence-corrected chi connectivity index (χ3v) is 2.63. The molecule has 2 N–H and O–H groups in total. The molecule has 0 atom stereocenters. The van der Waals surface area contributed by atoms with Gasteiger partial charge in [0.05, 0.1) is 18.1 Å². The molecule has 0 radical (unpaired) electrons. The number of imidazole rings is 1. The van der Waals surface area contributed by atoms with Gasteiger partial charge in [-0.2, -0.15) is 0 Å². The first-order valence-electron chi connectivity index (χ1n) is 5.75. The number of rotatable bonds is 6. The highest BCUT2D eigenvalue weighted by molar-refractivity contribution is 5.63. The van der Waals surface area contributed by atoms with E-state index >= 15 is 0 Å². The van der Waals surface area contributed by atoms with E-state index in [4.69, 9.17) is 4.74 Å². The fourth-order valence-electron chi connectivity index (χ4n) is 1.69. The van der Waals surface area contributed by atoms with Crippen molar-refractivity contribution in [2.24, 2.45) is 0 Å². The number of benzene rings is 1. The summed E-state index contributed by atoms with van der Waals surface area (Å²) < 4.78 is 4.98. The van der Waals surface area contributed by atoms with Crippen LogP contribution in [0.5, 0.6) is 5.75 Å². The maximum absolute atomic E-state index is 11.0. The van der Waals surface area contributed by atoms with Gasteiger partial charge in [-0.15, -0.1) is 0 Å². The number of methoxy groups -OCH3 is 1. The first-order chi connectivity index (χ1) is 9.20. The predicted octanol–water partition coefficient (Wildman–Crippen LogP) is 1.98. The second-order valence-electron chi connectivity index (χ2n) is 3.85. The van der Waals surface area contributed by atoms with E-state index in [0.29, 0.717) is 24.4 Å². The standard InChI is InChI=1S/C12H14N4O3/c1-19-9-2-3-10(11(8-9)16(17)18)13-5-4-12-14-6-7-15-12/h2-3,6-8,13H,4-5H2,1H3,(H,14,15). The van der Waals surface area contributed by atoms with Crippen LogP contribution in [0.4, 0.5) is 11.4 Å². The van der Waals surface area contributed by atoms with E-state index in [-0.39, 0.29) is 5.69 Å². The van der Waals surface area contributed by atoms with E-state index in [1.54, 1.807) is 24.5 Å². The fourth-order valence-corrected chi connectivity index (χ4v) is 1.69. The van der Waals surface area contributed by atoms with Crippen molar-refractivity contribution in [3.8, 4) is 5.75 Å². The van der Waals surface area contributed by atoms with Crippen LogP contribution in [0.15, 0.2) is 30.6 Å². The second kappa shape index (κ2) is 5.85. The molecule has 0 aliphatic carbocycles. The van der Waals surface area contributed by atoms with Gasteiger partial charge in [0, 0.05) is 25.4 Å². The van der Waals surface area contributed by atoms with E-state index in [1.165, 1.54) is 13.2 Å². The molecule has 0 amide bonds. The van der Waals surface area contributed by atoms with Gasteiger partial charge in [0.15, 0.2) is 0 Å². The molecule has 0 bridgehead atoms. The first-order valence-corrected chi connectivity index (χ1v) is 5.75. The zero-order chi connectivity index (χ0) is 13.7. The number of nitrogens with one attached hydrogen (secondary N) is 2. The number of aromatic nitrogens is 2. The van der Waals surface area contributed by atoms with Gasteiger partial charge in [-0.3, -0.25) is 10.1 Å². The van der Waals surface area contributed by atoms with E-state index in [2.05, 4.69) is 15.3 Å². The van der Waals surface area contributed by atoms with Gasteiger partial charge in [-0.1, -0.05) is 0 Å². The molecular weight excluding hydrogens is 248 g/mol. The molecular formula is C12H14N4O3. The molecule has 1 aromatic carbocycles. The normalized spacial score (nSPS) is 10.2. The number of anilines is 1. The molecule has 0 spiro atoms. The SMILES string of the molecule is COc1ccc(NCCc2ncc[nH]2)c([N+](=O)[O-])c1. The lowest BCUT2D eigenvalue weighted by Gasteiger charge is -2.07. The summed E-state index contributed by atoms with van der Waals surface area (Å²) in [5, 5.41) is 14.0. The predicted molar refractivity (Wildman–Crippen MR) is 70.4 cm³/mol. The molecule has 0 unspecified atom stereocenters.